The smallest absolute Gasteiger partial charge is 0.238 e. The van der Waals surface area contributed by atoms with Gasteiger partial charge < -0.3 is 19.4 Å². The fourth-order valence-electron chi connectivity index (χ4n) is 4.83. The number of benzene rings is 1. The van der Waals surface area contributed by atoms with Gasteiger partial charge >= 0.3 is 0 Å². The lowest BCUT2D eigenvalue weighted by Crippen LogP contribution is -2.49. The van der Waals surface area contributed by atoms with Crippen molar-refractivity contribution in [1.29, 1.82) is 5.26 Å². The fraction of sp³-hybridized carbons (Fsp3) is 0.346. The van der Waals surface area contributed by atoms with Crippen molar-refractivity contribution in [2.24, 2.45) is 0 Å². The number of ether oxygens (including phenoxy) is 1. The normalized spacial score (nSPS) is 15.6. The maximum atomic E-state index is 12.6. The molecular weight excluding hydrogens is 430 g/mol. The summed E-state index contributed by atoms with van der Waals surface area (Å²) in [7, 11) is 1.60. The number of methoxy groups -OCH3 is 1. The van der Waals surface area contributed by atoms with Gasteiger partial charge in [0, 0.05) is 37.9 Å². The monoisotopic (exact) mass is 457 g/mol. The van der Waals surface area contributed by atoms with E-state index < -0.39 is 0 Å². The summed E-state index contributed by atoms with van der Waals surface area (Å²) in [6, 6.07) is 13.6. The summed E-state index contributed by atoms with van der Waals surface area (Å²) in [5.41, 5.74) is 4.51. The molecule has 1 fully saturated rings. The average molecular weight is 458 g/mol. The Hall–Kier alpha value is -3.83. The van der Waals surface area contributed by atoms with Crippen molar-refractivity contribution in [3.8, 4) is 23.3 Å². The van der Waals surface area contributed by atoms with E-state index in [9.17, 15) is 10.1 Å². The summed E-state index contributed by atoms with van der Waals surface area (Å²) in [6.07, 6.45) is 4.50. The van der Waals surface area contributed by atoms with Crippen LogP contribution < -0.4 is 15.0 Å². The van der Waals surface area contributed by atoms with Crippen LogP contribution in [0.5, 0.6) is 5.75 Å². The molecule has 3 aromatic rings. The summed E-state index contributed by atoms with van der Waals surface area (Å²) in [6.45, 7) is 3.14. The molecule has 0 unspecified atom stereocenters. The van der Waals surface area contributed by atoms with Crippen LogP contribution in [-0.2, 0) is 17.6 Å². The number of rotatable bonds is 6. The highest BCUT2D eigenvalue weighted by molar-refractivity contribution is 5.92. The number of piperazine rings is 1. The zero-order valence-electron chi connectivity index (χ0n) is 19.2. The molecule has 1 aromatic carbocycles. The maximum absolute atomic E-state index is 12.6. The van der Waals surface area contributed by atoms with Crippen LogP contribution in [-0.4, -0.2) is 55.6 Å². The molecule has 0 saturated carbocycles. The van der Waals surface area contributed by atoms with Crippen LogP contribution in [0.25, 0.3) is 11.5 Å². The zero-order valence-corrected chi connectivity index (χ0v) is 19.2. The lowest BCUT2D eigenvalue weighted by molar-refractivity contribution is -0.117. The highest BCUT2D eigenvalue weighted by atomic mass is 16.5. The summed E-state index contributed by atoms with van der Waals surface area (Å²) < 4.78 is 10.9. The molecule has 174 valence electrons. The first kappa shape index (κ1) is 22.0. The van der Waals surface area contributed by atoms with E-state index in [0.29, 0.717) is 44.0 Å². The van der Waals surface area contributed by atoms with E-state index in [1.807, 2.05) is 30.3 Å². The summed E-state index contributed by atoms with van der Waals surface area (Å²) >= 11 is 0. The lowest BCUT2D eigenvalue weighted by atomic mass is 10.0. The molecular formula is C26H27N5O3. The highest BCUT2D eigenvalue weighted by Gasteiger charge is 2.29. The van der Waals surface area contributed by atoms with E-state index in [0.717, 1.165) is 53.3 Å². The van der Waals surface area contributed by atoms with E-state index in [1.165, 1.54) is 0 Å². The van der Waals surface area contributed by atoms with Crippen LogP contribution in [0.15, 0.2) is 47.1 Å². The molecule has 1 amide bonds. The molecule has 8 heteroatoms. The first-order chi connectivity index (χ1) is 16.7. The number of carbonyl (C=O) groups excluding carboxylic acids is 1. The van der Waals surface area contributed by atoms with Gasteiger partial charge in [-0.25, -0.2) is 4.98 Å². The number of hydrogen-bond acceptors (Lipinski definition) is 7. The fourth-order valence-corrected chi connectivity index (χ4v) is 4.83. The van der Waals surface area contributed by atoms with E-state index in [2.05, 4.69) is 21.2 Å². The van der Waals surface area contributed by atoms with Gasteiger partial charge in [-0.05, 0) is 54.7 Å². The van der Waals surface area contributed by atoms with Crippen LogP contribution in [0.1, 0.15) is 23.1 Å². The minimum Gasteiger partial charge on any atom is -0.497 e. The number of nitrogens with one attached hydrogen (secondary N) is 1. The van der Waals surface area contributed by atoms with Crippen LogP contribution in [0.3, 0.4) is 0 Å². The number of aromatic nitrogens is 1. The quantitative estimate of drug-likeness (QED) is 0.606. The Morgan fingerprint density at radius 3 is 2.74 bits per heavy atom. The lowest BCUT2D eigenvalue weighted by Gasteiger charge is -2.35. The van der Waals surface area contributed by atoms with Crippen molar-refractivity contribution in [2.45, 2.75) is 19.3 Å². The predicted octanol–water partition coefficient (Wildman–Crippen LogP) is 3.47. The topological polar surface area (TPSA) is 94.6 Å². The molecule has 0 atom stereocenters. The Morgan fingerprint density at radius 2 is 2.00 bits per heavy atom. The third kappa shape index (κ3) is 4.35. The van der Waals surface area contributed by atoms with Crippen molar-refractivity contribution < 1.29 is 13.9 Å². The molecule has 3 heterocycles. The van der Waals surface area contributed by atoms with Crippen molar-refractivity contribution in [2.75, 3.05) is 50.1 Å². The third-order valence-electron chi connectivity index (χ3n) is 6.51. The van der Waals surface area contributed by atoms with E-state index >= 15 is 0 Å². The number of pyridine rings is 1. The Morgan fingerprint density at radius 1 is 1.18 bits per heavy atom. The Labute approximate surface area is 198 Å². The first-order valence-electron chi connectivity index (χ1n) is 11.6. The highest BCUT2D eigenvalue weighted by Crippen LogP contribution is 2.37. The minimum absolute atomic E-state index is 0.0600. The number of nitrogens with zero attached hydrogens (tertiary/aromatic N) is 4. The molecule has 34 heavy (non-hydrogen) atoms. The van der Waals surface area contributed by atoms with Gasteiger partial charge in [0.1, 0.15) is 23.3 Å². The zero-order chi connectivity index (χ0) is 23.5. The molecule has 2 aliphatic rings. The molecule has 5 rings (SSSR count). The van der Waals surface area contributed by atoms with Crippen LogP contribution in [0, 0.1) is 11.3 Å². The summed E-state index contributed by atoms with van der Waals surface area (Å²) in [5, 5.41) is 12.9. The minimum atomic E-state index is -0.0600. The number of amides is 1. The second-order valence-electron chi connectivity index (χ2n) is 8.60. The van der Waals surface area contributed by atoms with Gasteiger partial charge in [-0.2, -0.15) is 5.26 Å². The van der Waals surface area contributed by atoms with Gasteiger partial charge in [0.15, 0.2) is 5.76 Å². The van der Waals surface area contributed by atoms with Crippen LogP contribution in [0.2, 0.25) is 0 Å². The van der Waals surface area contributed by atoms with Gasteiger partial charge in [-0.1, -0.05) is 6.07 Å². The number of anilines is 2. The van der Waals surface area contributed by atoms with Crippen LogP contribution in [0.4, 0.5) is 11.5 Å². The predicted molar refractivity (Wildman–Crippen MR) is 129 cm³/mol. The standard InChI is InChI=1S/C26H27N5O3/c1-33-19-6-2-5-18(15-19)28-24(32)17-30-10-12-31(13-11-30)26-22(16-27)20-7-3-8-21(20)25(29-26)23-9-4-14-34-23/h2,4-6,9,14-15H,3,7-8,10-13,17H2,1H3,(H,28,32). The van der Waals surface area contributed by atoms with Crippen molar-refractivity contribution in [3.05, 3.63) is 59.4 Å². The number of hydrogen-bond donors (Lipinski definition) is 1. The molecule has 2 aromatic heterocycles. The SMILES string of the molecule is COc1cccc(NC(=O)CN2CCN(c3nc(-c4ccco4)c4c(c3C#N)CCC4)CC2)c1. The van der Waals surface area contributed by atoms with Gasteiger partial charge in [0.25, 0.3) is 0 Å². The number of carbonyl (C=O) groups is 1. The average Bonchev–Trinajstić information content (AvgIpc) is 3.56. The summed E-state index contributed by atoms with van der Waals surface area (Å²) in [4.78, 5) is 21.8. The Bertz CT molecular complexity index is 1220. The van der Waals surface area contributed by atoms with Crippen molar-refractivity contribution in [3.63, 3.8) is 0 Å². The molecule has 8 nitrogen and oxygen atoms in total. The van der Waals surface area contributed by atoms with E-state index in [1.54, 1.807) is 19.4 Å². The second kappa shape index (κ2) is 9.57. The molecule has 1 aliphatic carbocycles. The van der Waals surface area contributed by atoms with Crippen LogP contribution >= 0.6 is 0 Å². The molecule has 0 spiro atoms. The number of fused-ring (bicyclic) bond motifs is 1. The number of furan rings is 1. The third-order valence-corrected chi connectivity index (χ3v) is 6.51. The van der Waals surface area contributed by atoms with Gasteiger partial charge in [-0.3, -0.25) is 9.69 Å². The molecule has 1 saturated heterocycles. The Kier molecular flexibility index (Phi) is 6.19. The molecule has 0 bridgehead atoms. The van der Waals surface area contributed by atoms with Gasteiger partial charge in [-0.15, -0.1) is 0 Å². The maximum Gasteiger partial charge on any atom is 0.238 e. The Balaban J connectivity index is 1.28. The largest absolute Gasteiger partial charge is 0.497 e. The molecule has 0 radical (unpaired) electrons. The van der Waals surface area contributed by atoms with Crippen molar-refractivity contribution in [1.82, 2.24) is 9.88 Å². The van der Waals surface area contributed by atoms with E-state index in [-0.39, 0.29) is 5.91 Å². The second-order valence-corrected chi connectivity index (χ2v) is 8.60. The number of nitriles is 1. The molecule has 1 aliphatic heterocycles. The summed E-state index contributed by atoms with van der Waals surface area (Å²) in [5.74, 6) is 2.12. The van der Waals surface area contributed by atoms with E-state index in [4.69, 9.17) is 14.1 Å². The van der Waals surface area contributed by atoms with Crippen molar-refractivity contribution >= 4 is 17.4 Å². The molecule has 1 N–H and O–H groups in total. The first-order valence-corrected chi connectivity index (χ1v) is 11.6. The van der Waals surface area contributed by atoms with Gasteiger partial charge in [0.2, 0.25) is 5.91 Å². The van der Waals surface area contributed by atoms with Gasteiger partial charge in [0.05, 0.1) is 25.5 Å².